The van der Waals surface area contributed by atoms with Crippen LogP contribution in [0.15, 0.2) is 63.8 Å². The summed E-state index contributed by atoms with van der Waals surface area (Å²) < 4.78 is 6.40. The van der Waals surface area contributed by atoms with Gasteiger partial charge in [-0.15, -0.1) is 0 Å². The fourth-order valence-corrected chi connectivity index (χ4v) is 4.25. The molecule has 1 heterocycles. The summed E-state index contributed by atoms with van der Waals surface area (Å²) in [4.78, 5) is 25.0. The highest BCUT2D eigenvalue weighted by atomic mass is 16.4. The van der Waals surface area contributed by atoms with Crippen molar-refractivity contribution in [3.63, 3.8) is 0 Å². The normalized spacial score (nSPS) is 11.9. The average Bonchev–Trinajstić information content (AvgIpc) is 2.81. The van der Waals surface area contributed by atoms with Crippen LogP contribution in [-0.2, 0) is 0 Å². The maximum absolute atomic E-state index is 13.4. The first-order valence-electron chi connectivity index (χ1n) is 11.0. The van der Waals surface area contributed by atoms with Gasteiger partial charge in [-0.05, 0) is 68.7 Å². The van der Waals surface area contributed by atoms with Crippen LogP contribution in [0.1, 0.15) is 51.1 Å². The fourth-order valence-electron chi connectivity index (χ4n) is 4.25. The maximum atomic E-state index is 13.4. The second kappa shape index (κ2) is 8.98. The molecule has 3 N–H and O–H groups in total. The molecule has 6 nitrogen and oxygen atoms in total. The van der Waals surface area contributed by atoms with Gasteiger partial charge in [-0.3, -0.25) is 4.79 Å². The van der Waals surface area contributed by atoms with Crippen molar-refractivity contribution in [1.82, 2.24) is 0 Å². The third kappa shape index (κ3) is 4.10. The molecule has 4 rings (SSSR count). The maximum Gasteiger partial charge on any atom is 0.337 e. The van der Waals surface area contributed by atoms with Crippen LogP contribution < -0.4 is 10.7 Å². The van der Waals surface area contributed by atoms with Crippen LogP contribution in [0.25, 0.3) is 22.3 Å². The zero-order chi connectivity index (χ0) is 24.6. The minimum atomic E-state index is -1.02. The van der Waals surface area contributed by atoms with E-state index in [9.17, 15) is 14.7 Å². The van der Waals surface area contributed by atoms with Crippen LogP contribution >= 0.6 is 0 Å². The SMILES string of the molecule is Cc1cc(C(C)Nc2ccccc2C(=O)O)c2oc(-c3ccc(C=N)c(C)c3)c(C)c(=O)c2c1. The topological polar surface area (TPSA) is 103 Å². The van der Waals surface area contributed by atoms with Gasteiger partial charge in [-0.25, -0.2) is 4.79 Å². The Hall–Kier alpha value is -4.19. The number of hydrogen-bond acceptors (Lipinski definition) is 5. The van der Waals surface area contributed by atoms with E-state index in [1.165, 1.54) is 6.21 Å². The number of aromatic carboxylic acids is 1. The minimum absolute atomic E-state index is 0.104. The largest absolute Gasteiger partial charge is 0.478 e. The fraction of sp³-hybridized carbons (Fsp3) is 0.179. The summed E-state index contributed by atoms with van der Waals surface area (Å²) in [6, 6.07) is 15.8. The lowest BCUT2D eigenvalue weighted by atomic mass is 9.97. The molecule has 4 aromatic rings. The number of anilines is 1. The van der Waals surface area contributed by atoms with Gasteiger partial charge in [0.05, 0.1) is 17.0 Å². The molecule has 172 valence electrons. The third-order valence-corrected chi connectivity index (χ3v) is 6.08. The second-order valence-corrected chi connectivity index (χ2v) is 8.55. The number of benzene rings is 3. The molecule has 1 unspecified atom stereocenters. The van der Waals surface area contributed by atoms with Gasteiger partial charge in [-0.2, -0.15) is 0 Å². The highest BCUT2D eigenvalue weighted by Gasteiger charge is 2.20. The molecular weight excluding hydrogens is 428 g/mol. The van der Waals surface area contributed by atoms with E-state index < -0.39 is 5.97 Å². The molecule has 0 aliphatic rings. The number of nitrogens with one attached hydrogen (secondary N) is 2. The molecule has 0 aliphatic heterocycles. The number of carboxylic acid groups (broad SMARTS) is 1. The summed E-state index contributed by atoms with van der Waals surface area (Å²) >= 11 is 0. The van der Waals surface area contributed by atoms with E-state index in [0.29, 0.717) is 28.0 Å². The Morgan fingerprint density at radius 3 is 2.50 bits per heavy atom. The van der Waals surface area contributed by atoms with E-state index in [1.54, 1.807) is 31.2 Å². The van der Waals surface area contributed by atoms with Crippen LogP contribution in [0.3, 0.4) is 0 Å². The van der Waals surface area contributed by atoms with Crippen molar-refractivity contribution in [2.24, 2.45) is 0 Å². The highest BCUT2D eigenvalue weighted by Crippen LogP contribution is 2.33. The third-order valence-electron chi connectivity index (χ3n) is 6.08. The Kier molecular flexibility index (Phi) is 6.07. The molecule has 0 amide bonds. The number of aryl methyl sites for hydroxylation is 2. The molecule has 0 aliphatic carbocycles. The second-order valence-electron chi connectivity index (χ2n) is 8.55. The van der Waals surface area contributed by atoms with Crippen molar-refractivity contribution in [2.75, 3.05) is 5.32 Å². The lowest BCUT2D eigenvalue weighted by Crippen LogP contribution is -2.14. The number of fused-ring (bicyclic) bond motifs is 1. The summed E-state index contributed by atoms with van der Waals surface area (Å²) in [5.74, 6) is -0.530. The number of rotatable bonds is 6. The van der Waals surface area contributed by atoms with Crippen molar-refractivity contribution in [1.29, 1.82) is 5.41 Å². The molecule has 0 fully saturated rings. The lowest BCUT2D eigenvalue weighted by molar-refractivity contribution is 0.0698. The zero-order valence-corrected chi connectivity index (χ0v) is 19.5. The molecule has 3 aromatic carbocycles. The molecule has 0 bridgehead atoms. The Bertz CT molecular complexity index is 1500. The number of carbonyl (C=O) groups is 1. The molecule has 0 radical (unpaired) electrons. The summed E-state index contributed by atoms with van der Waals surface area (Å²) in [6.45, 7) is 7.50. The van der Waals surface area contributed by atoms with Crippen LogP contribution in [-0.4, -0.2) is 17.3 Å². The van der Waals surface area contributed by atoms with Gasteiger partial charge < -0.3 is 20.2 Å². The number of para-hydroxylation sites is 1. The Morgan fingerprint density at radius 2 is 1.82 bits per heavy atom. The molecule has 1 atom stereocenters. The van der Waals surface area contributed by atoms with Gasteiger partial charge in [0, 0.05) is 28.6 Å². The van der Waals surface area contributed by atoms with Crippen LogP contribution in [0.5, 0.6) is 0 Å². The average molecular weight is 455 g/mol. The van der Waals surface area contributed by atoms with Crippen molar-refractivity contribution < 1.29 is 14.3 Å². The predicted molar refractivity (Wildman–Crippen MR) is 135 cm³/mol. The van der Waals surface area contributed by atoms with E-state index in [-0.39, 0.29) is 17.0 Å². The van der Waals surface area contributed by atoms with Gasteiger partial charge >= 0.3 is 5.97 Å². The van der Waals surface area contributed by atoms with Gasteiger partial charge in [0.25, 0.3) is 0 Å². The first-order valence-corrected chi connectivity index (χ1v) is 11.0. The molecule has 0 saturated carbocycles. The van der Waals surface area contributed by atoms with E-state index in [1.807, 2.05) is 51.1 Å². The van der Waals surface area contributed by atoms with Crippen molar-refractivity contribution in [2.45, 2.75) is 33.7 Å². The van der Waals surface area contributed by atoms with Crippen molar-refractivity contribution in [3.05, 3.63) is 98.2 Å². The number of carboxylic acids is 1. The van der Waals surface area contributed by atoms with E-state index in [0.717, 1.165) is 27.8 Å². The lowest BCUT2D eigenvalue weighted by Gasteiger charge is -2.20. The van der Waals surface area contributed by atoms with Crippen molar-refractivity contribution >= 4 is 28.8 Å². The summed E-state index contributed by atoms with van der Waals surface area (Å²) in [7, 11) is 0. The zero-order valence-electron chi connectivity index (χ0n) is 19.5. The molecule has 0 spiro atoms. The standard InChI is InChI=1S/C28H26N2O4/c1-15-11-22(18(4)30-24-8-6-5-7-21(24)28(32)33)27-23(12-15)25(31)17(3)26(34-27)19-9-10-20(14-29)16(2)13-19/h5-14,18,29-30H,1-4H3,(H,32,33). The predicted octanol–water partition coefficient (Wildman–Crippen LogP) is 6.25. The molecular formula is C28H26N2O4. The van der Waals surface area contributed by atoms with Crippen LogP contribution in [0, 0.1) is 26.2 Å². The van der Waals surface area contributed by atoms with Crippen molar-refractivity contribution in [3.8, 4) is 11.3 Å². The smallest absolute Gasteiger partial charge is 0.337 e. The monoisotopic (exact) mass is 454 g/mol. The van der Waals surface area contributed by atoms with Gasteiger partial charge in [0.15, 0.2) is 5.43 Å². The van der Waals surface area contributed by atoms with E-state index >= 15 is 0 Å². The Balaban J connectivity index is 1.90. The quantitative estimate of drug-likeness (QED) is 0.299. The summed E-state index contributed by atoms with van der Waals surface area (Å²) in [6.07, 6.45) is 1.30. The summed E-state index contributed by atoms with van der Waals surface area (Å²) in [5.41, 5.74) is 5.71. The molecule has 0 saturated heterocycles. The minimum Gasteiger partial charge on any atom is -0.478 e. The first-order chi connectivity index (χ1) is 16.2. The Morgan fingerprint density at radius 1 is 1.09 bits per heavy atom. The van der Waals surface area contributed by atoms with E-state index in [2.05, 4.69) is 5.32 Å². The van der Waals surface area contributed by atoms with Gasteiger partial charge in [0.2, 0.25) is 0 Å². The molecule has 34 heavy (non-hydrogen) atoms. The summed E-state index contributed by atoms with van der Waals surface area (Å²) in [5, 5.41) is 20.8. The Labute approximate surface area is 197 Å². The molecule has 1 aromatic heterocycles. The first kappa shape index (κ1) is 23.0. The van der Waals surface area contributed by atoms with Crippen LogP contribution in [0.4, 0.5) is 5.69 Å². The van der Waals surface area contributed by atoms with Crippen LogP contribution in [0.2, 0.25) is 0 Å². The molecule has 6 heteroatoms. The number of hydrogen-bond donors (Lipinski definition) is 3. The van der Waals surface area contributed by atoms with E-state index in [4.69, 9.17) is 9.83 Å². The van der Waals surface area contributed by atoms with Gasteiger partial charge in [-0.1, -0.05) is 30.3 Å². The van der Waals surface area contributed by atoms with Gasteiger partial charge in [0.1, 0.15) is 11.3 Å². The highest BCUT2D eigenvalue weighted by molar-refractivity contribution is 5.94.